The van der Waals surface area contributed by atoms with Crippen LogP contribution in [-0.4, -0.2) is 10.2 Å². The van der Waals surface area contributed by atoms with Gasteiger partial charge in [-0.2, -0.15) is 13.2 Å². The molecule has 92 valence electrons. The molecule has 0 fully saturated rings. The third-order valence-corrected chi connectivity index (χ3v) is 4.61. The van der Waals surface area contributed by atoms with Crippen LogP contribution in [-0.2, 0) is 12.7 Å². The minimum absolute atomic E-state index is 0.164. The van der Waals surface area contributed by atoms with Crippen LogP contribution in [0.3, 0.4) is 0 Å². The standard InChI is InChI=1S/C8H5BrF3N3S2/c9-4-1-2-16-5(4)3-13-7-15-14-6(17-7)8(10,11)12/h1-2H,3H2,(H,13,15). The molecule has 0 aromatic carbocycles. The Morgan fingerprint density at radius 2 is 2.12 bits per heavy atom. The zero-order valence-corrected chi connectivity index (χ0v) is 11.3. The molecule has 17 heavy (non-hydrogen) atoms. The molecule has 0 atom stereocenters. The summed E-state index contributed by atoms with van der Waals surface area (Å²) in [6, 6.07) is 1.88. The zero-order chi connectivity index (χ0) is 12.5. The Hall–Kier alpha value is -0.670. The second-order valence-electron chi connectivity index (χ2n) is 2.96. The molecule has 0 aliphatic rings. The van der Waals surface area contributed by atoms with E-state index >= 15 is 0 Å². The lowest BCUT2D eigenvalue weighted by atomic mass is 10.5. The third kappa shape index (κ3) is 3.17. The van der Waals surface area contributed by atoms with Crippen LogP contribution in [0.2, 0.25) is 0 Å². The van der Waals surface area contributed by atoms with Gasteiger partial charge in [0.05, 0.1) is 6.54 Å². The van der Waals surface area contributed by atoms with Gasteiger partial charge in [0, 0.05) is 9.35 Å². The van der Waals surface area contributed by atoms with Crippen molar-refractivity contribution in [1.29, 1.82) is 0 Å². The molecule has 0 spiro atoms. The molecule has 9 heteroatoms. The number of alkyl halides is 3. The molecule has 0 saturated heterocycles. The summed E-state index contributed by atoms with van der Waals surface area (Å²) in [5.74, 6) is 0. The number of aromatic nitrogens is 2. The monoisotopic (exact) mass is 343 g/mol. The Morgan fingerprint density at radius 1 is 1.35 bits per heavy atom. The summed E-state index contributed by atoms with van der Waals surface area (Å²) < 4.78 is 37.7. The molecule has 0 amide bonds. The minimum Gasteiger partial charge on any atom is -0.355 e. The third-order valence-electron chi connectivity index (χ3n) is 1.76. The van der Waals surface area contributed by atoms with E-state index in [4.69, 9.17) is 0 Å². The van der Waals surface area contributed by atoms with E-state index in [1.165, 1.54) is 11.3 Å². The van der Waals surface area contributed by atoms with Gasteiger partial charge in [0.15, 0.2) is 0 Å². The maximum Gasteiger partial charge on any atom is 0.445 e. The van der Waals surface area contributed by atoms with Crippen molar-refractivity contribution in [2.45, 2.75) is 12.7 Å². The molecule has 2 aromatic rings. The number of thiophene rings is 1. The number of hydrogen-bond acceptors (Lipinski definition) is 5. The Morgan fingerprint density at radius 3 is 2.65 bits per heavy atom. The topological polar surface area (TPSA) is 37.8 Å². The summed E-state index contributed by atoms with van der Waals surface area (Å²) >= 11 is 5.34. The molecule has 0 bridgehead atoms. The van der Waals surface area contributed by atoms with Gasteiger partial charge in [-0.05, 0) is 27.4 Å². The highest BCUT2D eigenvalue weighted by molar-refractivity contribution is 9.10. The molecule has 1 N–H and O–H groups in total. The fourth-order valence-corrected chi connectivity index (χ4v) is 3.06. The predicted octanol–water partition coefficient (Wildman–Crippen LogP) is 3.99. The van der Waals surface area contributed by atoms with Crippen molar-refractivity contribution < 1.29 is 13.2 Å². The Bertz CT molecular complexity index is 508. The minimum atomic E-state index is -4.43. The Labute approximate surface area is 111 Å². The van der Waals surface area contributed by atoms with Gasteiger partial charge in [-0.25, -0.2) is 0 Å². The van der Waals surface area contributed by atoms with Crippen molar-refractivity contribution in [2.24, 2.45) is 0 Å². The van der Waals surface area contributed by atoms with Gasteiger partial charge >= 0.3 is 6.18 Å². The molecular formula is C8H5BrF3N3S2. The molecule has 2 rings (SSSR count). The zero-order valence-electron chi connectivity index (χ0n) is 8.08. The molecule has 0 saturated carbocycles. The molecular weight excluding hydrogens is 339 g/mol. The summed E-state index contributed by atoms with van der Waals surface area (Å²) in [7, 11) is 0. The molecule has 0 radical (unpaired) electrons. The lowest BCUT2D eigenvalue weighted by molar-refractivity contribution is -0.138. The van der Waals surface area contributed by atoms with Crippen molar-refractivity contribution in [3.63, 3.8) is 0 Å². The van der Waals surface area contributed by atoms with Crippen LogP contribution in [0.1, 0.15) is 9.88 Å². The van der Waals surface area contributed by atoms with Gasteiger partial charge < -0.3 is 5.32 Å². The van der Waals surface area contributed by atoms with Gasteiger partial charge in [-0.1, -0.05) is 11.3 Å². The van der Waals surface area contributed by atoms with Gasteiger partial charge in [0.25, 0.3) is 0 Å². The van der Waals surface area contributed by atoms with E-state index < -0.39 is 11.2 Å². The fraction of sp³-hybridized carbons (Fsp3) is 0.250. The van der Waals surface area contributed by atoms with Crippen molar-refractivity contribution in [3.8, 4) is 0 Å². The first-order valence-electron chi connectivity index (χ1n) is 4.33. The van der Waals surface area contributed by atoms with Crippen LogP contribution in [0.4, 0.5) is 18.3 Å². The SMILES string of the molecule is FC(F)(F)c1nnc(NCc2sccc2Br)s1. The van der Waals surface area contributed by atoms with E-state index in [0.29, 0.717) is 17.9 Å². The lowest BCUT2D eigenvalue weighted by Crippen LogP contribution is -2.03. The van der Waals surface area contributed by atoms with Crippen LogP contribution in [0.25, 0.3) is 0 Å². The van der Waals surface area contributed by atoms with Crippen LogP contribution in [0.5, 0.6) is 0 Å². The number of nitrogens with zero attached hydrogens (tertiary/aromatic N) is 2. The van der Waals surface area contributed by atoms with E-state index in [-0.39, 0.29) is 5.13 Å². The average molecular weight is 344 g/mol. The summed E-state index contributed by atoms with van der Waals surface area (Å²) in [5, 5.41) is 10.4. The van der Waals surface area contributed by atoms with E-state index in [2.05, 4.69) is 31.4 Å². The number of nitrogens with one attached hydrogen (secondary N) is 1. The lowest BCUT2D eigenvalue weighted by Gasteiger charge is -2.00. The second kappa shape index (κ2) is 4.91. The van der Waals surface area contributed by atoms with E-state index in [0.717, 1.165) is 9.35 Å². The number of halogens is 4. The number of rotatable bonds is 3. The molecule has 0 unspecified atom stereocenters. The van der Waals surface area contributed by atoms with Crippen LogP contribution in [0, 0.1) is 0 Å². The first-order chi connectivity index (χ1) is 7.97. The molecule has 3 nitrogen and oxygen atoms in total. The Balaban J connectivity index is 2.01. The van der Waals surface area contributed by atoms with E-state index in [9.17, 15) is 13.2 Å². The summed E-state index contributed by atoms with van der Waals surface area (Å²) in [6.45, 7) is 0.421. The highest BCUT2D eigenvalue weighted by Gasteiger charge is 2.35. The molecule has 0 aliphatic carbocycles. The van der Waals surface area contributed by atoms with Crippen LogP contribution < -0.4 is 5.32 Å². The molecule has 2 aromatic heterocycles. The number of anilines is 1. The molecule has 0 aliphatic heterocycles. The predicted molar refractivity (Wildman–Crippen MR) is 64.3 cm³/mol. The smallest absolute Gasteiger partial charge is 0.355 e. The average Bonchev–Trinajstić information content (AvgIpc) is 2.82. The van der Waals surface area contributed by atoms with Crippen LogP contribution >= 0.6 is 38.6 Å². The van der Waals surface area contributed by atoms with E-state index in [1.807, 2.05) is 11.4 Å². The first-order valence-corrected chi connectivity index (χ1v) is 6.82. The Kier molecular flexibility index (Phi) is 3.69. The highest BCUT2D eigenvalue weighted by Crippen LogP contribution is 2.33. The summed E-state index contributed by atoms with van der Waals surface area (Å²) in [4.78, 5) is 0.994. The van der Waals surface area contributed by atoms with E-state index in [1.54, 1.807) is 0 Å². The maximum absolute atomic E-state index is 12.3. The maximum atomic E-state index is 12.3. The van der Waals surface area contributed by atoms with Gasteiger partial charge in [-0.3, -0.25) is 0 Å². The van der Waals surface area contributed by atoms with Crippen molar-refractivity contribution in [2.75, 3.05) is 5.32 Å². The van der Waals surface area contributed by atoms with Gasteiger partial charge in [0.1, 0.15) is 0 Å². The van der Waals surface area contributed by atoms with Crippen LogP contribution in [0.15, 0.2) is 15.9 Å². The normalized spacial score (nSPS) is 11.8. The first kappa shape index (κ1) is 12.8. The second-order valence-corrected chi connectivity index (χ2v) is 5.79. The van der Waals surface area contributed by atoms with Crippen molar-refractivity contribution >= 4 is 43.7 Å². The largest absolute Gasteiger partial charge is 0.445 e. The quantitative estimate of drug-likeness (QED) is 0.915. The van der Waals surface area contributed by atoms with Gasteiger partial charge in [0.2, 0.25) is 10.1 Å². The molecule has 2 heterocycles. The fourth-order valence-electron chi connectivity index (χ4n) is 1.02. The highest BCUT2D eigenvalue weighted by atomic mass is 79.9. The van der Waals surface area contributed by atoms with Crippen molar-refractivity contribution in [3.05, 3.63) is 25.8 Å². The van der Waals surface area contributed by atoms with Gasteiger partial charge in [-0.15, -0.1) is 21.5 Å². The number of hydrogen-bond donors (Lipinski definition) is 1. The summed E-state index contributed by atoms with van der Waals surface area (Å²) in [5.41, 5.74) is 0. The van der Waals surface area contributed by atoms with Crippen molar-refractivity contribution in [1.82, 2.24) is 10.2 Å². The summed E-state index contributed by atoms with van der Waals surface area (Å²) in [6.07, 6.45) is -4.43.